The van der Waals surface area contributed by atoms with Gasteiger partial charge in [-0.1, -0.05) is 26.0 Å². The fourth-order valence-corrected chi connectivity index (χ4v) is 2.05. The van der Waals surface area contributed by atoms with Gasteiger partial charge >= 0.3 is 5.97 Å². The highest BCUT2D eigenvalue weighted by molar-refractivity contribution is 5.92. The largest absolute Gasteiger partial charge is 0.496 e. The van der Waals surface area contributed by atoms with Crippen molar-refractivity contribution in [2.24, 2.45) is 5.92 Å². The lowest BCUT2D eigenvalue weighted by atomic mass is 10.1. The zero-order valence-electron chi connectivity index (χ0n) is 14.6. The molecule has 1 aromatic carbocycles. The van der Waals surface area contributed by atoms with Crippen LogP contribution in [0.4, 0.5) is 0 Å². The number of esters is 1. The molecule has 0 atom stereocenters. The second-order valence-electron chi connectivity index (χ2n) is 5.88. The van der Waals surface area contributed by atoms with Crippen LogP contribution in [0.2, 0.25) is 0 Å². The third-order valence-electron chi connectivity index (χ3n) is 3.48. The minimum absolute atomic E-state index is 0.153. The molecule has 25 heavy (non-hydrogen) atoms. The van der Waals surface area contributed by atoms with Gasteiger partial charge in [0.1, 0.15) is 29.9 Å². The van der Waals surface area contributed by atoms with Gasteiger partial charge in [0.25, 0.3) is 0 Å². The predicted octanol–water partition coefficient (Wildman–Crippen LogP) is 3.43. The third kappa shape index (κ3) is 5.38. The molecule has 0 saturated carbocycles. The number of benzene rings is 1. The molecule has 0 radical (unpaired) electrons. The van der Waals surface area contributed by atoms with Crippen LogP contribution in [0.1, 0.15) is 36.4 Å². The lowest BCUT2D eigenvalue weighted by molar-refractivity contribution is 0.0439. The third-order valence-corrected chi connectivity index (χ3v) is 3.48. The fraction of sp³-hybridized carbons (Fsp3) is 0.368. The second-order valence-corrected chi connectivity index (χ2v) is 5.88. The predicted molar refractivity (Wildman–Crippen MR) is 92.0 cm³/mol. The van der Waals surface area contributed by atoms with Gasteiger partial charge in [-0.15, -0.1) is 0 Å². The quantitative estimate of drug-likeness (QED) is 0.682. The summed E-state index contributed by atoms with van der Waals surface area (Å²) in [5.41, 5.74) is -0.000618. The normalized spacial score (nSPS) is 10.6. The Labute approximate surface area is 146 Å². The van der Waals surface area contributed by atoms with E-state index in [1.165, 1.54) is 19.4 Å². The first-order valence-corrected chi connectivity index (χ1v) is 8.06. The van der Waals surface area contributed by atoms with Crippen LogP contribution < -0.4 is 14.9 Å². The van der Waals surface area contributed by atoms with Crippen LogP contribution in [0.25, 0.3) is 0 Å². The first kappa shape index (κ1) is 18.6. The van der Waals surface area contributed by atoms with Crippen molar-refractivity contribution in [2.75, 3.05) is 13.7 Å². The SMILES string of the molecule is COc1ccccc1C(=O)OCc1cc(=O)c(OCCC(C)C)co1. The van der Waals surface area contributed by atoms with E-state index in [-0.39, 0.29) is 23.5 Å². The molecule has 134 valence electrons. The van der Waals surface area contributed by atoms with Gasteiger partial charge in [0.15, 0.2) is 0 Å². The highest BCUT2D eigenvalue weighted by Crippen LogP contribution is 2.19. The molecule has 6 heteroatoms. The number of hydrogen-bond donors (Lipinski definition) is 0. The van der Waals surface area contributed by atoms with Crippen LogP contribution in [0.3, 0.4) is 0 Å². The number of carbonyl (C=O) groups is 1. The Bertz CT molecular complexity index is 763. The Kier molecular flexibility index (Phi) is 6.62. The number of para-hydroxylation sites is 1. The monoisotopic (exact) mass is 346 g/mol. The van der Waals surface area contributed by atoms with Gasteiger partial charge in [-0.05, 0) is 24.5 Å². The van der Waals surface area contributed by atoms with Gasteiger partial charge < -0.3 is 18.6 Å². The maximum atomic E-state index is 12.1. The van der Waals surface area contributed by atoms with Crippen LogP contribution in [0.5, 0.6) is 11.5 Å². The number of carbonyl (C=O) groups excluding carboxylic acids is 1. The van der Waals surface area contributed by atoms with Crippen LogP contribution in [0, 0.1) is 5.92 Å². The highest BCUT2D eigenvalue weighted by Gasteiger charge is 2.14. The average molecular weight is 346 g/mol. The summed E-state index contributed by atoms with van der Waals surface area (Å²) in [4.78, 5) is 24.1. The van der Waals surface area contributed by atoms with Crippen molar-refractivity contribution < 1.29 is 23.4 Å². The van der Waals surface area contributed by atoms with Crippen molar-refractivity contribution >= 4 is 5.97 Å². The van der Waals surface area contributed by atoms with Gasteiger partial charge in [-0.25, -0.2) is 4.79 Å². The van der Waals surface area contributed by atoms with Crippen LogP contribution in [-0.4, -0.2) is 19.7 Å². The maximum Gasteiger partial charge on any atom is 0.342 e. The molecule has 0 amide bonds. The second kappa shape index (κ2) is 8.92. The molecule has 2 aromatic rings. The number of rotatable bonds is 8. The van der Waals surface area contributed by atoms with Crippen LogP contribution in [-0.2, 0) is 11.3 Å². The van der Waals surface area contributed by atoms with E-state index < -0.39 is 5.97 Å². The van der Waals surface area contributed by atoms with E-state index in [9.17, 15) is 9.59 Å². The molecule has 0 fully saturated rings. The summed E-state index contributed by atoms with van der Waals surface area (Å²) in [7, 11) is 1.48. The lowest BCUT2D eigenvalue weighted by Crippen LogP contribution is -2.12. The summed E-state index contributed by atoms with van der Waals surface area (Å²) >= 11 is 0. The summed E-state index contributed by atoms with van der Waals surface area (Å²) in [5, 5.41) is 0. The van der Waals surface area contributed by atoms with E-state index >= 15 is 0 Å². The first-order valence-electron chi connectivity index (χ1n) is 8.06. The number of ether oxygens (including phenoxy) is 3. The minimum Gasteiger partial charge on any atom is -0.496 e. The molecule has 0 spiro atoms. The standard InChI is InChI=1S/C19H22O6/c1-13(2)8-9-23-18-12-24-14(10-16(18)20)11-25-19(21)15-6-4-5-7-17(15)22-3/h4-7,10,12-13H,8-9,11H2,1-3H3. The summed E-state index contributed by atoms with van der Waals surface area (Å²) in [5.74, 6) is 0.742. The molecular formula is C19H22O6. The molecule has 6 nitrogen and oxygen atoms in total. The molecule has 0 aliphatic carbocycles. The van der Waals surface area contributed by atoms with E-state index in [1.54, 1.807) is 24.3 Å². The topological polar surface area (TPSA) is 75.0 Å². The summed E-state index contributed by atoms with van der Waals surface area (Å²) in [6.45, 7) is 4.44. The van der Waals surface area contributed by atoms with Crippen LogP contribution >= 0.6 is 0 Å². The van der Waals surface area contributed by atoms with Gasteiger partial charge in [0.05, 0.1) is 13.7 Å². The Morgan fingerprint density at radius 1 is 1.20 bits per heavy atom. The fourth-order valence-electron chi connectivity index (χ4n) is 2.05. The zero-order valence-corrected chi connectivity index (χ0v) is 14.6. The zero-order chi connectivity index (χ0) is 18.2. The Morgan fingerprint density at radius 2 is 1.96 bits per heavy atom. The first-order chi connectivity index (χ1) is 12.0. The van der Waals surface area contributed by atoms with E-state index in [1.807, 2.05) is 0 Å². The number of methoxy groups -OCH3 is 1. The van der Waals surface area contributed by atoms with Crippen molar-refractivity contribution in [3.05, 3.63) is 58.1 Å². The van der Waals surface area contributed by atoms with Crippen molar-refractivity contribution in [1.29, 1.82) is 0 Å². The van der Waals surface area contributed by atoms with Gasteiger partial charge in [0.2, 0.25) is 11.2 Å². The van der Waals surface area contributed by atoms with Crippen molar-refractivity contribution in [3.63, 3.8) is 0 Å². The van der Waals surface area contributed by atoms with E-state index in [4.69, 9.17) is 18.6 Å². The van der Waals surface area contributed by atoms with Gasteiger partial charge in [-0.3, -0.25) is 4.79 Å². The Morgan fingerprint density at radius 3 is 2.64 bits per heavy atom. The molecule has 0 aliphatic heterocycles. The average Bonchev–Trinajstić information content (AvgIpc) is 2.61. The molecule has 1 aromatic heterocycles. The molecule has 0 saturated heterocycles. The molecular weight excluding hydrogens is 324 g/mol. The summed E-state index contributed by atoms with van der Waals surface area (Å²) in [6, 6.07) is 8.00. The molecule has 2 rings (SSSR count). The molecule has 0 aliphatic rings. The van der Waals surface area contributed by atoms with Crippen molar-refractivity contribution in [2.45, 2.75) is 26.9 Å². The van der Waals surface area contributed by atoms with E-state index in [2.05, 4.69) is 13.8 Å². The van der Waals surface area contributed by atoms with Gasteiger partial charge in [0, 0.05) is 6.07 Å². The molecule has 0 unspecified atom stereocenters. The van der Waals surface area contributed by atoms with Crippen LogP contribution in [0.15, 0.2) is 45.8 Å². The Balaban J connectivity index is 1.96. The van der Waals surface area contributed by atoms with Crippen molar-refractivity contribution in [3.8, 4) is 11.5 Å². The number of hydrogen-bond acceptors (Lipinski definition) is 6. The summed E-state index contributed by atoms with van der Waals surface area (Å²) < 4.78 is 21.0. The summed E-state index contributed by atoms with van der Waals surface area (Å²) in [6.07, 6.45) is 2.09. The molecule has 0 bridgehead atoms. The minimum atomic E-state index is -0.558. The van der Waals surface area contributed by atoms with Crippen molar-refractivity contribution in [1.82, 2.24) is 0 Å². The highest BCUT2D eigenvalue weighted by atomic mass is 16.5. The van der Waals surface area contributed by atoms with Gasteiger partial charge in [-0.2, -0.15) is 0 Å². The maximum absolute atomic E-state index is 12.1. The lowest BCUT2D eigenvalue weighted by Gasteiger charge is -2.09. The van der Waals surface area contributed by atoms with E-state index in [0.29, 0.717) is 23.8 Å². The smallest absolute Gasteiger partial charge is 0.342 e. The molecule has 1 heterocycles. The van der Waals surface area contributed by atoms with E-state index in [0.717, 1.165) is 6.42 Å². The Hall–Kier alpha value is -2.76. The molecule has 0 N–H and O–H groups in total.